The molecule has 6 unspecified atom stereocenters. The second kappa shape index (κ2) is 58.0. The van der Waals surface area contributed by atoms with E-state index in [0.717, 1.165) is 105 Å². The molecule has 13 nitrogen and oxygen atoms in total. The SMILES string of the molecule is CC1=[N+](c2ccccc2)C(C)Oc2ccccc21.CC1Oc2ccccc2C(c2ccccc2)=[N+]1c1ccccc1.CC1Oc2ccccc2C=[N+]1Cc1ccccc1.CC1Oc2ccccc2C=[N+]1c1ccc(C(C)(C)C)cc1.CCC.CCC.CCC.CCC.CCC.CCC.CCCC1=[N+](c2ccccc2)C(C)Oc2ccccc21.COc1ccc([N+]2=Cc3ccccc3OC2C)cc1. The fraction of sp³-hybridized carbons (Fsp3) is 0.323. The summed E-state index contributed by atoms with van der Waals surface area (Å²) >= 11 is 0. The van der Waals surface area contributed by atoms with E-state index in [-0.39, 0.29) is 42.8 Å². The minimum atomic E-state index is -0.0671. The van der Waals surface area contributed by atoms with E-state index in [1.54, 1.807) is 7.11 Å². The van der Waals surface area contributed by atoms with Crippen LogP contribution in [0.3, 0.4) is 0 Å². The number of para-hydroxylation sites is 9. The lowest BCUT2D eigenvalue weighted by molar-refractivity contribution is -0.610. The highest BCUT2D eigenvalue weighted by Crippen LogP contribution is 2.36. The number of nitrogens with zero attached hydrogens (tertiary/aromatic N) is 6. The molecule has 13 aromatic carbocycles. The number of methoxy groups -OCH3 is 1. The summed E-state index contributed by atoms with van der Waals surface area (Å²) in [5.74, 6) is 6.60. The van der Waals surface area contributed by atoms with Crippen LogP contribution >= 0.6 is 0 Å². The lowest BCUT2D eigenvalue weighted by Gasteiger charge is -2.23. The molecule has 13 heteroatoms. The maximum Gasteiger partial charge on any atom is 0.299 e. The molecule has 0 aliphatic carbocycles. The second-order valence-electron chi connectivity index (χ2n) is 35.1. The Balaban J connectivity index is 0.000000195. The molecule has 0 fully saturated rings. The Morgan fingerprint density at radius 2 is 0.591 bits per heavy atom. The fourth-order valence-corrected chi connectivity index (χ4v) is 15.5. The number of hydrogen-bond acceptors (Lipinski definition) is 7. The van der Waals surface area contributed by atoms with Crippen molar-refractivity contribution in [3.05, 3.63) is 396 Å². The highest BCUT2D eigenvalue weighted by Gasteiger charge is 2.38. The largest absolute Gasteiger partial charge is 0.497 e. The Kier molecular flexibility index (Phi) is 46.1. The summed E-state index contributed by atoms with van der Waals surface area (Å²) in [5, 5.41) is 0. The van der Waals surface area contributed by atoms with Crippen molar-refractivity contribution in [3.63, 3.8) is 0 Å². The van der Waals surface area contributed by atoms with Gasteiger partial charge in [-0.25, -0.2) is 0 Å². The van der Waals surface area contributed by atoms with Crippen LogP contribution < -0.4 is 33.2 Å². The lowest BCUT2D eigenvalue weighted by Crippen LogP contribution is -2.36. The topological polar surface area (TPSA) is 82.7 Å². The molecule has 6 heterocycles. The van der Waals surface area contributed by atoms with Gasteiger partial charge in [0.1, 0.15) is 40.2 Å². The Labute approximate surface area is 822 Å². The standard InChI is InChI=1S/C21H18NO.C19H22NO.C18H20NO.C16H16NO2.2C16H16NO.6C3H8/c1-16-22(18-12-6-3-7-13-18)21(17-10-4-2-5-11-17)19-14-8-9-15-20(19)23-16;1-14-20(13-15-7-5-6-8-18(15)21-14)17-11-9-16(10-12-17)19(2,3)4;1-3-9-17-16-12-7-8-13-18(16)20-14(2)19(17)15-10-5-4-6-11-15;1-12-17(14-7-9-15(18-2)10-8-14)11-13-5-3-4-6-16(13)19-12;1-12-15-10-6-7-11-16(15)18-13(2)17(12)14-8-4-3-5-9-14;1-13-17(11-14-7-3-2-4-8-14)12-15-9-5-6-10-16(15)18-13;6*1-3-2/h2-16H,1H3;5-14H,1-4H3;4-8,10-14H,3,9H2,1-2H3;3-12H,1-2H3;3-11,13H,1-2H3;2-10,12-13H,11H2,1H3;6*3H2,1-2H3/q6*+1;;;;;;. The van der Waals surface area contributed by atoms with Gasteiger partial charge in [-0.2, -0.15) is 27.5 Å². The van der Waals surface area contributed by atoms with Gasteiger partial charge >= 0.3 is 0 Å². The van der Waals surface area contributed by atoms with Crippen molar-refractivity contribution in [3.8, 4) is 40.2 Å². The molecule has 0 amide bonds. The van der Waals surface area contributed by atoms with E-state index >= 15 is 0 Å². The van der Waals surface area contributed by atoms with E-state index in [1.165, 1.54) is 89.2 Å². The summed E-state index contributed by atoms with van der Waals surface area (Å²) in [4.78, 5) is 0. The number of ether oxygens (including phenoxy) is 7. The molecule has 6 aliphatic rings. The molecule has 0 saturated heterocycles. The molecule has 137 heavy (non-hydrogen) atoms. The van der Waals surface area contributed by atoms with Gasteiger partial charge in [-0.1, -0.05) is 337 Å². The quantitative estimate of drug-likeness (QED) is 0.119. The molecule has 0 saturated carbocycles. The van der Waals surface area contributed by atoms with Crippen LogP contribution in [0.1, 0.15) is 261 Å². The third-order valence-corrected chi connectivity index (χ3v) is 21.5. The Bertz CT molecular complexity index is 5910. The molecule has 0 N–H and O–H groups in total. The summed E-state index contributed by atoms with van der Waals surface area (Å²) in [5.41, 5.74) is 20.4. The van der Waals surface area contributed by atoms with Gasteiger partial charge in [0.25, 0.3) is 37.4 Å². The monoisotopic (exact) mass is 1840 g/mol. The molecule has 19 rings (SSSR count). The van der Waals surface area contributed by atoms with Crippen LogP contribution in [0.5, 0.6) is 40.2 Å². The van der Waals surface area contributed by atoms with Crippen LogP contribution in [0, 0.1) is 0 Å². The molecule has 6 aliphatic heterocycles. The first-order valence-corrected chi connectivity index (χ1v) is 49.8. The van der Waals surface area contributed by atoms with E-state index in [9.17, 15) is 0 Å². The van der Waals surface area contributed by atoms with Gasteiger partial charge in [0.2, 0.25) is 34.1 Å². The van der Waals surface area contributed by atoms with E-state index in [0.29, 0.717) is 0 Å². The Hall–Kier alpha value is -13.5. The minimum Gasteiger partial charge on any atom is -0.497 e. The van der Waals surface area contributed by atoms with Gasteiger partial charge in [0, 0.05) is 127 Å². The van der Waals surface area contributed by atoms with Crippen molar-refractivity contribution in [1.29, 1.82) is 0 Å². The highest BCUT2D eigenvalue weighted by molar-refractivity contribution is 6.12. The van der Waals surface area contributed by atoms with Gasteiger partial charge in [-0.3, -0.25) is 0 Å². The van der Waals surface area contributed by atoms with Crippen LogP contribution in [0.25, 0.3) is 0 Å². The molecule has 13 aromatic rings. The van der Waals surface area contributed by atoms with Crippen LogP contribution in [0.15, 0.2) is 346 Å². The van der Waals surface area contributed by atoms with Crippen molar-refractivity contribution in [2.24, 2.45) is 0 Å². The van der Waals surface area contributed by atoms with Gasteiger partial charge in [0.05, 0.1) is 40.5 Å². The van der Waals surface area contributed by atoms with E-state index in [4.69, 9.17) is 33.2 Å². The van der Waals surface area contributed by atoms with Gasteiger partial charge in [0.15, 0.2) is 36.6 Å². The predicted octanol–water partition coefficient (Wildman–Crippen LogP) is 31.8. The zero-order valence-corrected chi connectivity index (χ0v) is 86.5. The average Bonchev–Trinajstić information content (AvgIpc) is 0.762. The second-order valence-corrected chi connectivity index (χ2v) is 35.1. The van der Waals surface area contributed by atoms with Crippen LogP contribution in [0.2, 0.25) is 0 Å². The highest BCUT2D eigenvalue weighted by atomic mass is 16.5. The lowest BCUT2D eigenvalue weighted by atomic mass is 9.87. The van der Waals surface area contributed by atoms with Crippen molar-refractivity contribution in [2.75, 3.05) is 7.11 Å². The average molecular weight is 1840 g/mol. The number of rotatable bonds is 11. The van der Waals surface area contributed by atoms with Crippen molar-refractivity contribution in [2.45, 2.75) is 260 Å². The van der Waals surface area contributed by atoms with Crippen LogP contribution in [-0.2, 0) is 12.0 Å². The fourth-order valence-electron chi connectivity index (χ4n) is 15.5. The summed E-state index contributed by atoms with van der Waals surface area (Å²) in [6, 6.07) is 118. The third-order valence-electron chi connectivity index (χ3n) is 21.5. The molecule has 0 radical (unpaired) electrons. The van der Waals surface area contributed by atoms with Gasteiger partial charge in [-0.05, 0) is 114 Å². The molecule has 718 valence electrons. The van der Waals surface area contributed by atoms with Crippen LogP contribution in [-0.4, -0.2) is 108 Å². The zero-order valence-electron chi connectivity index (χ0n) is 86.5. The molecular weight excluding hydrogens is 1690 g/mol. The Morgan fingerprint density at radius 1 is 0.285 bits per heavy atom. The first-order chi connectivity index (χ1) is 66.5. The maximum absolute atomic E-state index is 6.16. The summed E-state index contributed by atoms with van der Waals surface area (Å²) < 4.78 is 54.5. The summed E-state index contributed by atoms with van der Waals surface area (Å²) in [7, 11) is 1.67. The van der Waals surface area contributed by atoms with E-state index in [2.05, 4.69) is 399 Å². The summed E-state index contributed by atoms with van der Waals surface area (Å²) in [6.07, 6.45) is 16.2. The minimum absolute atomic E-state index is 0.000358. The number of hydrogen-bond donors (Lipinski definition) is 0. The molecule has 0 spiro atoms. The van der Waals surface area contributed by atoms with Crippen molar-refractivity contribution >= 4 is 64.2 Å². The smallest absolute Gasteiger partial charge is 0.299 e. The summed E-state index contributed by atoms with van der Waals surface area (Å²) in [6.45, 7) is 49.9. The Morgan fingerprint density at radius 3 is 1.01 bits per heavy atom. The van der Waals surface area contributed by atoms with Gasteiger partial charge < -0.3 is 33.2 Å². The molecule has 0 aromatic heterocycles. The first kappa shape index (κ1) is 109. The van der Waals surface area contributed by atoms with E-state index < -0.39 is 0 Å². The molecule has 6 atom stereocenters. The first-order valence-electron chi connectivity index (χ1n) is 49.8. The number of fused-ring (bicyclic) bond motifs is 6. The molecule has 0 bridgehead atoms. The van der Waals surface area contributed by atoms with Gasteiger partial charge in [-0.15, -0.1) is 0 Å². The van der Waals surface area contributed by atoms with E-state index in [1.807, 2.05) is 153 Å². The van der Waals surface area contributed by atoms with Crippen molar-refractivity contribution in [1.82, 2.24) is 0 Å². The maximum atomic E-state index is 6.16. The predicted molar refractivity (Wildman–Crippen MR) is 576 cm³/mol. The van der Waals surface area contributed by atoms with Crippen molar-refractivity contribution < 1.29 is 60.6 Å². The van der Waals surface area contributed by atoms with Crippen LogP contribution in [0.4, 0.5) is 28.4 Å². The normalized spacial score (nSPS) is 16.0. The third kappa shape index (κ3) is 32.1. The zero-order chi connectivity index (χ0) is 99.0. The molecular formula is C124H156N6O7+6. The number of benzene rings is 13.